The Morgan fingerprint density at radius 3 is 2.77 bits per heavy atom. The van der Waals surface area contributed by atoms with Gasteiger partial charge < -0.3 is 9.47 Å². The Kier molecular flexibility index (Phi) is 4.42. The standard InChI is InChI=1S/C24H25N5O/c1-24(2)12-17(16-29(24)23(30)18-6-4-3-5-7-18)15-28-11-10-21-22(28)9-8-20(27-21)19-13-25-26-14-19/h3-11,13-14,17H,12,15-16H2,1-2H3,(H,25,26). The molecule has 1 fully saturated rings. The Labute approximate surface area is 175 Å². The zero-order valence-corrected chi connectivity index (χ0v) is 17.2. The molecule has 1 N–H and O–H groups in total. The number of benzene rings is 1. The van der Waals surface area contributed by atoms with E-state index in [0.717, 1.165) is 47.4 Å². The minimum Gasteiger partial charge on any atom is -0.346 e. The second kappa shape index (κ2) is 7.13. The largest absolute Gasteiger partial charge is 0.346 e. The van der Waals surface area contributed by atoms with Crippen molar-refractivity contribution in [3.05, 3.63) is 72.7 Å². The summed E-state index contributed by atoms with van der Waals surface area (Å²) in [5, 5.41) is 6.84. The molecule has 0 saturated carbocycles. The van der Waals surface area contributed by atoms with Crippen LogP contribution in [0.15, 0.2) is 67.1 Å². The third kappa shape index (κ3) is 3.28. The molecule has 0 spiro atoms. The normalized spacial score (nSPS) is 18.2. The summed E-state index contributed by atoms with van der Waals surface area (Å²) >= 11 is 0. The van der Waals surface area contributed by atoms with E-state index in [9.17, 15) is 4.79 Å². The molecule has 1 amide bonds. The Bertz CT molecular complexity index is 1180. The van der Waals surface area contributed by atoms with Crippen molar-refractivity contribution in [3.63, 3.8) is 0 Å². The molecule has 30 heavy (non-hydrogen) atoms. The van der Waals surface area contributed by atoms with Crippen molar-refractivity contribution in [2.45, 2.75) is 32.4 Å². The van der Waals surface area contributed by atoms with E-state index in [4.69, 9.17) is 4.98 Å². The van der Waals surface area contributed by atoms with Crippen molar-refractivity contribution >= 4 is 16.9 Å². The number of aromatic nitrogens is 4. The van der Waals surface area contributed by atoms with Crippen molar-refractivity contribution in [1.82, 2.24) is 24.6 Å². The van der Waals surface area contributed by atoms with Gasteiger partial charge in [-0.15, -0.1) is 0 Å². The number of hydrogen-bond donors (Lipinski definition) is 1. The molecule has 6 heteroatoms. The van der Waals surface area contributed by atoms with Gasteiger partial charge in [0.25, 0.3) is 5.91 Å². The zero-order valence-electron chi connectivity index (χ0n) is 17.2. The first-order valence-corrected chi connectivity index (χ1v) is 10.3. The Hall–Kier alpha value is -3.41. The summed E-state index contributed by atoms with van der Waals surface area (Å²) in [6.45, 7) is 5.97. The number of aromatic amines is 1. The van der Waals surface area contributed by atoms with E-state index in [1.54, 1.807) is 6.20 Å². The van der Waals surface area contributed by atoms with Crippen LogP contribution < -0.4 is 0 Å². The average molecular weight is 399 g/mol. The van der Waals surface area contributed by atoms with Gasteiger partial charge in [-0.25, -0.2) is 4.98 Å². The number of H-pyrrole nitrogens is 1. The minimum atomic E-state index is -0.159. The number of rotatable bonds is 4. The molecule has 0 aliphatic carbocycles. The first-order valence-electron chi connectivity index (χ1n) is 10.3. The van der Waals surface area contributed by atoms with Gasteiger partial charge in [-0.3, -0.25) is 9.89 Å². The van der Waals surface area contributed by atoms with Crippen LogP contribution >= 0.6 is 0 Å². The van der Waals surface area contributed by atoms with E-state index in [1.165, 1.54) is 0 Å². The molecule has 1 atom stereocenters. The predicted octanol–water partition coefficient (Wildman–Crippen LogP) is 4.37. The van der Waals surface area contributed by atoms with Crippen LogP contribution in [0.1, 0.15) is 30.6 Å². The Balaban J connectivity index is 1.36. The topological polar surface area (TPSA) is 66.8 Å². The van der Waals surface area contributed by atoms with Crippen LogP contribution in [0, 0.1) is 5.92 Å². The summed E-state index contributed by atoms with van der Waals surface area (Å²) in [7, 11) is 0. The highest BCUT2D eigenvalue weighted by Gasteiger charge is 2.41. The summed E-state index contributed by atoms with van der Waals surface area (Å²) < 4.78 is 2.26. The highest BCUT2D eigenvalue weighted by atomic mass is 16.2. The molecule has 1 aliphatic heterocycles. The molecule has 6 nitrogen and oxygen atoms in total. The lowest BCUT2D eigenvalue weighted by Crippen LogP contribution is -2.42. The maximum absolute atomic E-state index is 13.1. The maximum Gasteiger partial charge on any atom is 0.254 e. The highest BCUT2D eigenvalue weighted by molar-refractivity contribution is 5.94. The van der Waals surface area contributed by atoms with Gasteiger partial charge in [-0.1, -0.05) is 18.2 Å². The van der Waals surface area contributed by atoms with E-state index in [1.807, 2.05) is 47.5 Å². The fraction of sp³-hybridized carbons (Fsp3) is 0.292. The Morgan fingerprint density at radius 1 is 1.17 bits per heavy atom. The van der Waals surface area contributed by atoms with Crippen LogP contribution in [0.2, 0.25) is 0 Å². The van der Waals surface area contributed by atoms with Crippen LogP contribution in [0.3, 0.4) is 0 Å². The SMILES string of the molecule is CC1(C)CC(Cn2ccc3nc(-c4cn[nH]c4)ccc32)CN1C(=O)c1ccccc1. The predicted molar refractivity (Wildman–Crippen MR) is 117 cm³/mol. The Morgan fingerprint density at radius 2 is 2.00 bits per heavy atom. The molecule has 1 aromatic carbocycles. The van der Waals surface area contributed by atoms with Gasteiger partial charge in [0.2, 0.25) is 0 Å². The van der Waals surface area contributed by atoms with Crippen molar-refractivity contribution in [2.24, 2.45) is 5.92 Å². The van der Waals surface area contributed by atoms with E-state index in [-0.39, 0.29) is 11.4 Å². The molecule has 1 saturated heterocycles. The van der Waals surface area contributed by atoms with Crippen molar-refractivity contribution < 1.29 is 4.79 Å². The third-order valence-electron chi connectivity index (χ3n) is 6.10. The molecular weight excluding hydrogens is 374 g/mol. The molecule has 5 rings (SSSR count). The van der Waals surface area contributed by atoms with Gasteiger partial charge >= 0.3 is 0 Å². The number of amides is 1. The van der Waals surface area contributed by atoms with Gasteiger partial charge in [0.1, 0.15) is 0 Å². The van der Waals surface area contributed by atoms with Gasteiger partial charge in [0, 0.05) is 42.1 Å². The average Bonchev–Trinajstić information content (AvgIpc) is 3.47. The number of fused-ring (bicyclic) bond motifs is 1. The van der Waals surface area contributed by atoms with Crippen LogP contribution in [0.25, 0.3) is 22.3 Å². The first kappa shape index (κ1) is 18.6. The lowest BCUT2D eigenvalue weighted by atomic mass is 9.96. The third-order valence-corrected chi connectivity index (χ3v) is 6.10. The van der Waals surface area contributed by atoms with E-state index in [2.05, 4.69) is 46.9 Å². The summed E-state index contributed by atoms with van der Waals surface area (Å²) in [6, 6.07) is 15.8. The van der Waals surface area contributed by atoms with Crippen LogP contribution in [-0.4, -0.2) is 42.6 Å². The smallest absolute Gasteiger partial charge is 0.254 e. The van der Waals surface area contributed by atoms with Crippen LogP contribution in [0.5, 0.6) is 0 Å². The summed E-state index contributed by atoms with van der Waals surface area (Å²) in [5.74, 6) is 0.517. The van der Waals surface area contributed by atoms with Crippen molar-refractivity contribution in [2.75, 3.05) is 6.54 Å². The van der Waals surface area contributed by atoms with E-state index < -0.39 is 0 Å². The van der Waals surface area contributed by atoms with Gasteiger partial charge in [0.05, 0.1) is 22.9 Å². The number of nitrogens with zero attached hydrogens (tertiary/aromatic N) is 4. The molecule has 4 heterocycles. The van der Waals surface area contributed by atoms with Gasteiger partial charge in [-0.2, -0.15) is 5.10 Å². The summed E-state index contributed by atoms with van der Waals surface area (Å²) in [4.78, 5) is 19.9. The van der Waals surface area contributed by atoms with E-state index >= 15 is 0 Å². The first-order chi connectivity index (χ1) is 14.5. The van der Waals surface area contributed by atoms with Crippen molar-refractivity contribution in [3.8, 4) is 11.3 Å². The number of carbonyl (C=O) groups is 1. The summed E-state index contributed by atoms with van der Waals surface area (Å²) in [6.07, 6.45) is 6.71. The molecule has 4 aromatic rings. The number of nitrogens with one attached hydrogen (secondary N) is 1. The highest BCUT2D eigenvalue weighted by Crippen LogP contribution is 2.35. The monoisotopic (exact) mass is 399 g/mol. The number of carbonyl (C=O) groups excluding carboxylic acids is 1. The second-order valence-corrected chi connectivity index (χ2v) is 8.72. The molecule has 3 aromatic heterocycles. The maximum atomic E-state index is 13.1. The molecule has 1 aliphatic rings. The number of pyridine rings is 1. The fourth-order valence-electron chi connectivity index (χ4n) is 4.67. The fourth-order valence-corrected chi connectivity index (χ4v) is 4.67. The van der Waals surface area contributed by atoms with Crippen LogP contribution in [-0.2, 0) is 6.54 Å². The quantitative estimate of drug-likeness (QED) is 0.554. The molecule has 152 valence electrons. The molecule has 0 radical (unpaired) electrons. The zero-order chi connectivity index (χ0) is 20.7. The second-order valence-electron chi connectivity index (χ2n) is 8.72. The molecule has 1 unspecified atom stereocenters. The van der Waals surface area contributed by atoms with E-state index in [0.29, 0.717) is 5.92 Å². The number of likely N-dealkylation sites (tertiary alicyclic amines) is 1. The molecular formula is C24H25N5O. The van der Waals surface area contributed by atoms with Crippen molar-refractivity contribution in [1.29, 1.82) is 0 Å². The van der Waals surface area contributed by atoms with Crippen LogP contribution in [0.4, 0.5) is 0 Å². The number of hydrogen-bond acceptors (Lipinski definition) is 3. The van der Waals surface area contributed by atoms with Gasteiger partial charge in [0.15, 0.2) is 0 Å². The molecule has 0 bridgehead atoms. The lowest BCUT2D eigenvalue weighted by molar-refractivity contribution is 0.0649. The summed E-state index contributed by atoms with van der Waals surface area (Å²) in [5.41, 5.74) is 4.59. The lowest BCUT2D eigenvalue weighted by Gasteiger charge is -2.31. The van der Waals surface area contributed by atoms with Gasteiger partial charge in [-0.05, 0) is 56.5 Å². The minimum absolute atomic E-state index is 0.117.